The van der Waals surface area contributed by atoms with Crippen LogP contribution in [0.3, 0.4) is 0 Å². The molecule has 0 radical (unpaired) electrons. The summed E-state index contributed by atoms with van der Waals surface area (Å²) in [6.45, 7) is 4.42. The largest absolute Gasteiger partial charge is 1.00 e. The Morgan fingerprint density at radius 1 is 0.750 bits per heavy atom. The van der Waals surface area contributed by atoms with Crippen LogP contribution in [-0.4, -0.2) is 13.7 Å². The third kappa shape index (κ3) is 11.9. The van der Waals surface area contributed by atoms with Gasteiger partial charge in [-0.3, -0.25) is 0 Å². The molecule has 6 heteroatoms. The molecule has 1 rings (SSSR count). The van der Waals surface area contributed by atoms with Gasteiger partial charge in [-0.25, -0.2) is 5.26 Å². The van der Waals surface area contributed by atoms with Crippen molar-refractivity contribution >= 4 is 10.1 Å². The Kier molecular flexibility index (Phi) is 16.9. The summed E-state index contributed by atoms with van der Waals surface area (Å²) in [7, 11) is -4.07. The fourth-order valence-electron chi connectivity index (χ4n) is 3.42. The first-order valence-corrected chi connectivity index (χ1v) is 12.1. The Bertz CT molecular complexity index is 589. The van der Waals surface area contributed by atoms with Gasteiger partial charge >= 0.3 is 39.7 Å². The van der Waals surface area contributed by atoms with E-state index in [-0.39, 0.29) is 35.9 Å². The van der Waals surface area contributed by atoms with Crippen molar-refractivity contribution < 1.29 is 49.0 Å². The third-order valence-corrected chi connectivity index (χ3v) is 6.06. The summed E-state index contributed by atoms with van der Waals surface area (Å²) in [5.41, 5.74) is 2.04. The Morgan fingerprint density at radius 3 is 1.54 bits per heavy atom. The number of aryl methyl sites for hydroxylation is 2. The molecule has 0 fully saturated rings. The molecule has 0 aliphatic rings. The van der Waals surface area contributed by atoms with Gasteiger partial charge in [0, 0.05) is 0 Å². The van der Waals surface area contributed by atoms with Gasteiger partial charge in [0.1, 0.15) is 0 Å². The van der Waals surface area contributed by atoms with E-state index in [1.807, 2.05) is 0 Å². The van der Waals surface area contributed by atoms with Crippen LogP contribution in [0.1, 0.15) is 103 Å². The molecule has 0 heterocycles. The van der Waals surface area contributed by atoms with Crippen LogP contribution >= 0.6 is 0 Å². The van der Waals surface area contributed by atoms with Crippen molar-refractivity contribution in [2.75, 3.05) is 0 Å². The normalized spacial score (nSPS) is 11.4. The molecule has 0 saturated heterocycles. The Hall–Kier alpha value is 0.0900. The molecule has 1 aromatic rings. The van der Waals surface area contributed by atoms with Gasteiger partial charge in [0.2, 0.25) is 0 Å². The zero-order chi connectivity index (χ0) is 20.0. The quantitative estimate of drug-likeness (QED) is 0.191. The Labute approximate surface area is 196 Å². The summed E-state index contributed by atoms with van der Waals surface area (Å²) in [5.74, 6) is 0. The van der Waals surface area contributed by atoms with E-state index >= 15 is 0 Å². The number of hydrogen-bond donors (Lipinski definition) is 1. The summed E-state index contributed by atoms with van der Waals surface area (Å²) in [5, 5.41) is 8.73. The smallest absolute Gasteiger partial charge is 1.00 e. The Morgan fingerprint density at radius 2 is 1.14 bits per heavy atom. The summed E-state index contributed by atoms with van der Waals surface area (Å²) < 4.78 is 27.6. The monoisotopic (exact) mass is 422 g/mol. The number of benzene rings is 1. The van der Waals surface area contributed by atoms with Gasteiger partial charge in [-0.15, -0.1) is 4.33 Å². The van der Waals surface area contributed by atoms with Crippen molar-refractivity contribution in [3.63, 3.8) is 0 Å². The average molecular weight is 423 g/mol. The van der Waals surface area contributed by atoms with Crippen molar-refractivity contribution in [2.45, 2.75) is 109 Å². The summed E-state index contributed by atoms with van der Waals surface area (Å²) in [4.78, 5) is 0.0643. The molecule has 0 unspecified atom stereocenters. The Balaban J connectivity index is 0. The molecule has 158 valence electrons. The van der Waals surface area contributed by atoms with Crippen LogP contribution in [0.25, 0.3) is 0 Å². The van der Waals surface area contributed by atoms with E-state index in [4.69, 9.17) is 5.26 Å². The zero-order valence-corrected chi connectivity index (χ0v) is 21.0. The molecule has 0 aliphatic heterocycles. The van der Waals surface area contributed by atoms with Crippen molar-refractivity contribution in [1.29, 1.82) is 0 Å². The molecule has 0 bridgehead atoms. The van der Waals surface area contributed by atoms with Gasteiger partial charge in [0.25, 0.3) is 0 Å². The summed E-state index contributed by atoms with van der Waals surface area (Å²) in [6, 6.07) is 5.40. The second kappa shape index (κ2) is 16.8. The minimum absolute atomic E-state index is 0. The number of unbranched alkanes of at least 4 members (excludes halogenated alkanes) is 10. The number of rotatable bonds is 16. The van der Waals surface area contributed by atoms with Crippen molar-refractivity contribution in [2.24, 2.45) is 0 Å². The first-order chi connectivity index (χ1) is 13.0. The van der Waals surface area contributed by atoms with Crippen LogP contribution in [0.5, 0.6) is 0 Å². The fourth-order valence-corrected chi connectivity index (χ4v) is 4.10. The molecular weight excluding hydrogens is 383 g/mol. The van der Waals surface area contributed by atoms with E-state index in [2.05, 4.69) is 24.2 Å². The van der Waals surface area contributed by atoms with E-state index in [0.717, 1.165) is 36.8 Å². The molecule has 0 aliphatic carbocycles. The first kappa shape index (κ1) is 28.1. The van der Waals surface area contributed by atoms with Crippen LogP contribution in [0.15, 0.2) is 23.1 Å². The van der Waals surface area contributed by atoms with Gasteiger partial charge in [-0.1, -0.05) is 84.1 Å². The molecule has 0 spiro atoms. The van der Waals surface area contributed by atoms with E-state index < -0.39 is 10.1 Å². The van der Waals surface area contributed by atoms with Crippen LogP contribution in [0.4, 0.5) is 0 Å². The van der Waals surface area contributed by atoms with Crippen molar-refractivity contribution in [3.05, 3.63) is 29.3 Å². The van der Waals surface area contributed by atoms with E-state index in [1.54, 1.807) is 12.1 Å². The predicted molar refractivity (Wildman–Crippen MR) is 113 cm³/mol. The van der Waals surface area contributed by atoms with Crippen molar-refractivity contribution in [3.8, 4) is 0 Å². The minimum Gasteiger partial charge on any atom is -1.00 e. The standard InChI is InChI=1S/C22H38O4S.Na.H/c1-3-5-7-9-11-13-15-20-17-21(16-14-12-10-8-6-4-2)19-22(18-20)27(24,25)26-23;;/h17-19,23H,3-16H2,1-2H3;;/q;+1;-1. The second-order valence-electron chi connectivity index (χ2n) is 7.55. The third-order valence-electron chi connectivity index (χ3n) is 5.05. The van der Waals surface area contributed by atoms with Gasteiger partial charge in [-0.2, -0.15) is 8.42 Å². The molecule has 0 saturated carbocycles. The molecule has 0 aromatic heterocycles. The van der Waals surface area contributed by atoms with E-state index in [9.17, 15) is 8.42 Å². The number of hydrogen-bond acceptors (Lipinski definition) is 4. The topological polar surface area (TPSA) is 63.6 Å². The molecule has 4 nitrogen and oxygen atoms in total. The van der Waals surface area contributed by atoms with E-state index in [1.165, 1.54) is 64.2 Å². The van der Waals surface area contributed by atoms with Crippen LogP contribution < -0.4 is 29.6 Å². The average Bonchev–Trinajstić information content (AvgIpc) is 2.67. The zero-order valence-electron chi connectivity index (χ0n) is 19.2. The van der Waals surface area contributed by atoms with Crippen LogP contribution in [-0.2, 0) is 27.3 Å². The molecule has 0 atom stereocenters. The fraction of sp³-hybridized carbons (Fsp3) is 0.727. The predicted octanol–water partition coefficient (Wildman–Crippen LogP) is 3.79. The van der Waals surface area contributed by atoms with Gasteiger partial charge in [0.05, 0.1) is 4.90 Å². The maximum atomic E-state index is 11.9. The van der Waals surface area contributed by atoms with E-state index in [0.29, 0.717) is 0 Å². The van der Waals surface area contributed by atoms with Gasteiger partial charge in [0.15, 0.2) is 0 Å². The van der Waals surface area contributed by atoms with Crippen molar-refractivity contribution in [1.82, 2.24) is 0 Å². The van der Waals surface area contributed by atoms with Crippen LogP contribution in [0.2, 0.25) is 0 Å². The summed E-state index contributed by atoms with van der Waals surface area (Å²) in [6.07, 6.45) is 16.2. The first-order valence-electron chi connectivity index (χ1n) is 10.7. The maximum absolute atomic E-state index is 11.9. The molecular formula is C22H39NaO4S. The second-order valence-corrected chi connectivity index (χ2v) is 9.08. The van der Waals surface area contributed by atoms with Gasteiger partial charge in [-0.05, 0) is 48.9 Å². The van der Waals surface area contributed by atoms with Gasteiger partial charge < -0.3 is 1.43 Å². The SMILES string of the molecule is CCCCCCCCc1cc(CCCCCCCC)cc(S(=O)(=O)OO)c1.[H-].[Na+]. The minimum atomic E-state index is -4.07. The van der Waals surface area contributed by atoms with Crippen LogP contribution in [0, 0.1) is 0 Å². The molecule has 1 aromatic carbocycles. The molecule has 0 amide bonds. The molecule has 1 N–H and O–H groups in total. The summed E-state index contributed by atoms with van der Waals surface area (Å²) >= 11 is 0. The molecule has 28 heavy (non-hydrogen) atoms. The maximum Gasteiger partial charge on any atom is 1.00 e.